The van der Waals surface area contributed by atoms with Gasteiger partial charge >= 0.3 is 36.1 Å². The Labute approximate surface area is 407 Å². The molecule has 67 heavy (non-hydrogen) atoms. The molecule has 21 heteroatoms. The van der Waals surface area contributed by atoms with Crippen molar-refractivity contribution in [2.45, 2.75) is 116 Å². The minimum atomic E-state index is -0.945. The summed E-state index contributed by atoms with van der Waals surface area (Å²) < 4.78 is 28.9. The average Bonchev–Trinajstić information content (AvgIpc) is 4.10. The standard InChI is InChI=1S/C17H25NO5S.C12H15NO2S.C11H15NO4S.C6H7NO2S/c1-16(2,3)23-15(20)18-11-10-12(24-13(11)14(19)22-4)17(21)8-6-5-7-9-17;1-15-12(14)11-9(13)7-10(16-11)8-5-3-2-4-6-8;1-11(2,3)16-10(14)12-7-5-6-17-8(7)9(13)15-4;1-9-6(8)5-4(7)2-3-10-5/h10,21H,5-9H2,1-4H3,(H,18,20);5,7H,2-4,6,13H2,1H3;5-6H,1-4H3,(H,12,14);2-3H,7H2,1H3. The predicted octanol–water partition coefficient (Wildman–Crippen LogP) is 11.1. The van der Waals surface area contributed by atoms with E-state index in [-0.39, 0.29) is 16.8 Å². The number of rotatable bonds is 8. The molecule has 6 rings (SSSR count). The highest BCUT2D eigenvalue weighted by Crippen LogP contribution is 2.43. The topological polar surface area (TPSA) is 254 Å². The molecule has 0 unspecified atom stereocenters. The van der Waals surface area contributed by atoms with Gasteiger partial charge in [0.25, 0.3) is 0 Å². The van der Waals surface area contributed by atoms with Gasteiger partial charge in [0.15, 0.2) is 0 Å². The molecule has 0 bridgehead atoms. The highest BCUT2D eigenvalue weighted by Gasteiger charge is 2.35. The van der Waals surface area contributed by atoms with E-state index in [0.717, 1.165) is 48.3 Å². The van der Waals surface area contributed by atoms with E-state index in [2.05, 4.69) is 30.9 Å². The Morgan fingerprint density at radius 3 is 1.63 bits per heavy atom. The van der Waals surface area contributed by atoms with Crippen molar-refractivity contribution in [2.75, 3.05) is 50.5 Å². The van der Waals surface area contributed by atoms with Crippen molar-refractivity contribution < 1.29 is 62.3 Å². The number of esters is 4. The molecule has 1 fully saturated rings. The van der Waals surface area contributed by atoms with E-state index in [0.29, 0.717) is 55.1 Å². The molecule has 2 aliphatic carbocycles. The van der Waals surface area contributed by atoms with Crippen LogP contribution in [0.4, 0.5) is 32.3 Å². The summed E-state index contributed by atoms with van der Waals surface area (Å²) in [5, 5.41) is 19.4. The number of methoxy groups -OCH3 is 4. The Kier molecular flexibility index (Phi) is 21.3. The highest BCUT2D eigenvalue weighted by atomic mass is 32.1. The van der Waals surface area contributed by atoms with E-state index in [1.54, 1.807) is 70.5 Å². The zero-order valence-corrected chi connectivity index (χ0v) is 42.8. The van der Waals surface area contributed by atoms with Gasteiger partial charge in [0.1, 0.15) is 30.7 Å². The summed E-state index contributed by atoms with van der Waals surface area (Å²) in [6.45, 7) is 10.6. The van der Waals surface area contributed by atoms with Crippen molar-refractivity contribution in [3.05, 3.63) is 70.4 Å². The van der Waals surface area contributed by atoms with Gasteiger partial charge in [-0.3, -0.25) is 10.6 Å². The summed E-state index contributed by atoms with van der Waals surface area (Å²) in [5.74, 6) is -1.74. The number of anilines is 4. The second-order valence-corrected chi connectivity index (χ2v) is 20.8. The van der Waals surface area contributed by atoms with Gasteiger partial charge in [-0.2, -0.15) is 0 Å². The third kappa shape index (κ3) is 17.6. The number of aliphatic hydroxyl groups is 1. The second kappa shape index (κ2) is 25.6. The maximum atomic E-state index is 12.0. The molecular weight excluding hydrogens is 945 g/mol. The van der Waals surface area contributed by atoms with Crippen LogP contribution in [0.25, 0.3) is 5.57 Å². The number of ether oxygens (including phenoxy) is 6. The molecule has 4 heterocycles. The molecule has 0 atom stereocenters. The van der Waals surface area contributed by atoms with Gasteiger partial charge in [0.05, 0.1) is 56.8 Å². The lowest BCUT2D eigenvalue weighted by molar-refractivity contribution is 0.00281. The maximum absolute atomic E-state index is 12.0. The lowest BCUT2D eigenvalue weighted by Gasteiger charge is -2.30. The zero-order chi connectivity index (χ0) is 50.1. The van der Waals surface area contributed by atoms with Crippen LogP contribution in [0.15, 0.2) is 41.1 Å². The van der Waals surface area contributed by atoms with Crippen LogP contribution in [0.1, 0.15) is 148 Å². The van der Waals surface area contributed by atoms with E-state index in [4.69, 9.17) is 25.7 Å². The minimum absolute atomic E-state index is 0.261. The smallest absolute Gasteiger partial charge is 0.412 e. The third-order valence-corrected chi connectivity index (χ3v) is 13.7. The van der Waals surface area contributed by atoms with Crippen molar-refractivity contribution in [2.24, 2.45) is 0 Å². The van der Waals surface area contributed by atoms with Crippen molar-refractivity contribution in [3.63, 3.8) is 0 Å². The van der Waals surface area contributed by atoms with Crippen LogP contribution < -0.4 is 22.1 Å². The lowest BCUT2D eigenvalue weighted by atomic mass is 9.84. The molecule has 17 nitrogen and oxygen atoms in total. The Balaban J connectivity index is 0.000000247. The summed E-state index contributed by atoms with van der Waals surface area (Å²) in [5.41, 5.74) is 12.1. The van der Waals surface area contributed by atoms with Crippen LogP contribution in [-0.2, 0) is 34.0 Å². The van der Waals surface area contributed by atoms with Gasteiger partial charge in [0.2, 0.25) is 0 Å². The van der Waals surface area contributed by atoms with Gasteiger partial charge in [-0.25, -0.2) is 28.8 Å². The average molecular weight is 1010 g/mol. The number of nitrogen functional groups attached to an aromatic ring is 2. The fourth-order valence-electron chi connectivity index (χ4n) is 6.28. The van der Waals surface area contributed by atoms with Crippen LogP contribution >= 0.6 is 45.3 Å². The van der Waals surface area contributed by atoms with Gasteiger partial charge in [-0.15, -0.1) is 45.3 Å². The molecule has 1 saturated carbocycles. The predicted molar refractivity (Wildman–Crippen MR) is 265 cm³/mol. The minimum Gasteiger partial charge on any atom is -0.465 e. The number of carbonyl (C=O) groups is 6. The summed E-state index contributed by atoms with van der Waals surface area (Å²) in [4.78, 5) is 72.5. The number of allylic oxidation sites excluding steroid dienone is 2. The van der Waals surface area contributed by atoms with Gasteiger partial charge in [-0.1, -0.05) is 25.3 Å². The largest absolute Gasteiger partial charge is 0.465 e. The molecule has 0 saturated heterocycles. The Morgan fingerprint density at radius 2 is 1.12 bits per heavy atom. The first-order valence-electron chi connectivity index (χ1n) is 21.1. The molecule has 0 spiro atoms. The number of nitrogens with one attached hydrogen (secondary N) is 2. The van der Waals surface area contributed by atoms with Gasteiger partial charge in [-0.05, 0) is 121 Å². The molecule has 0 aromatic carbocycles. The van der Waals surface area contributed by atoms with Crippen molar-refractivity contribution in [1.82, 2.24) is 0 Å². The number of nitrogens with two attached hydrogens (primary N) is 2. The third-order valence-electron chi connectivity index (χ3n) is 9.36. The quantitative estimate of drug-likeness (QED) is 0.0813. The van der Waals surface area contributed by atoms with Gasteiger partial charge < -0.3 is 45.0 Å². The lowest BCUT2D eigenvalue weighted by Crippen LogP contribution is -2.28. The van der Waals surface area contributed by atoms with Crippen LogP contribution in [0.5, 0.6) is 0 Å². The van der Waals surface area contributed by atoms with Crippen molar-refractivity contribution in [1.29, 1.82) is 0 Å². The first kappa shape index (κ1) is 55.8. The maximum Gasteiger partial charge on any atom is 0.412 e. The Hall–Kier alpha value is -5.48. The number of hydrogen-bond donors (Lipinski definition) is 5. The fraction of sp³-hybridized carbons (Fsp3) is 0.478. The van der Waals surface area contributed by atoms with E-state index in [1.165, 1.54) is 80.9 Å². The molecule has 368 valence electrons. The van der Waals surface area contributed by atoms with E-state index in [1.807, 2.05) is 6.07 Å². The van der Waals surface area contributed by atoms with Gasteiger partial charge in [0, 0.05) is 9.75 Å². The first-order chi connectivity index (χ1) is 31.4. The Bertz CT molecular complexity index is 2340. The number of amides is 2. The van der Waals surface area contributed by atoms with Crippen molar-refractivity contribution in [3.8, 4) is 0 Å². The number of thiophene rings is 4. The molecule has 4 aromatic rings. The normalized spacial score (nSPS) is 14.0. The molecule has 4 aromatic heterocycles. The number of carbonyl (C=O) groups excluding carboxylic acids is 6. The van der Waals surface area contributed by atoms with Crippen LogP contribution in [0.3, 0.4) is 0 Å². The monoisotopic (exact) mass is 1010 g/mol. The highest BCUT2D eigenvalue weighted by molar-refractivity contribution is 7.16. The summed E-state index contributed by atoms with van der Waals surface area (Å²) in [6.07, 6.45) is 9.98. The molecule has 0 radical (unpaired) electrons. The SMILES string of the molecule is COC(=O)c1sc(C2(O)CCCCC2)cc1NC(=O)OC(C)(C)C.COC(=O)c1sc(C2=CCCCC2)cc1N.COC(=O)c1sccc1N.COC(=O)c1sccc1NC(=O)OC(C)(C)C. The zero-order valence-electron chi connectivity index (χ0n) is 39.5. The summed E-state index contributed by atoms with van der Waals surface area (Å²) >= 11 is 5.07. The van der Waals surface area contributed by atoms with Crippen molar-refractivity contribution >= 4 is 110 Å². The molecule has 2 amide bonds. The molecule has 2 aliphatic rings. The van der Waals surface area contributed by atoms with Crippen LogP contribution in [0.2, 0.25) is 0 Å². The fourth-order valence-corrected chi connectivity index (χ4v) is 10.0. The number of hydrogen-bond acceptors (Lipinski definition) is 19. The molecular formula is C46H62N4O13S4. The molecule has 0 aliphatic heterocycles. The second-order valence-electron chi connectivity index (χ2n) is 16.9. The summed E-state index contributed by atoms with van der Waals surface area (Å²) in [6, 6.07) is 6.85. The van der Waals surface area contributed by atoms with E-state index in [9.17, 15) is 33.9 Å². The summed E-state index contributed by atoms with van der Waals surface area (Å²) in [7, 11) is 5.29. The van der Waals surface area contributed by atoms with E-state index >= 15 is 0 Å². The van der Waals surface area contributed by atoms with Crippen LogP contribution in [-0.4, -0.2) is 80.8 Å². The van der Waals surface area contributed by atoms with E-state index < -0.39 is 40.9 Å². The molecule has 7 N–H and O–H groups in total. The Morgan fingerprint density at radius 1 is 0.612 bits per heavy atom. The van der Waals surface area contributed by atoms with Crippen LogP contribution in [0, 0.1) is 0 Å². The first-order valence-corrected chi connectivity index (χ1v) is 24.5.